The first-order chi connectivity index (χ1) is 5.33. The normalized spacial score (nSPS) is 40.4. The summed E-state index contributed by atoms with van der Waals surface area (Å²) in [5.74, 6) is 0.477. The van der Waals surface area contributed by atoms with Crippen LogP contribution in [-0.2, 0) is 9.59 Å². The molecule has 0 amide bonds. The van der Waals surface area contributed by atoms with E-state index in [0.29, 0.717) is 5.92 Å². The van der Waals surface area contributed by atoms with Crippen LogP contribution in [0.3, 0.4) is 0 Å². The highest BCUT2D eigenvalue weighted by molar-refractivity contribution is 5.87. The van der Waals surface area contributed by atoms with Crippen molar-refractivity contribution in [1.29, 1.82) is 0 Å². The molecule has 0 radical (unpaired) electrons. The minimum absolute atomic E-state index is 0.333. The summed E-state index contributed by atoms with van der Waals surface area (Å²) < 4.78 is 0. The summed E-state index contributed by atoms with van der Waals surface area (Å²) in [6.07, 6.45) is 6.65. The third-order valence-corrected chi connectivity index (χ3v) is 2.91. The topological polar surface area (TPSA) is 34.1 Å². The lowest BCUT2D eigenvalue weighted by atomic mass is 9.89. The second-order valence-electron chi connectivity index (χ2n) is 3.41. The van der Waals surface area contributed by atoms with Gasteiger partial charge in [0, 0.05) is 5.57 Å². The highest BCUT2D eigenvalue weighted by Gasteiger charge is 2.57. The van der Waals surface area contributed by atoms with E-state index in [9.17, 15) is 9.59 Å². The molecule has 58 valence electrons. The largest absolute Gasteiger partial charge is 0.302 e. The Bertz CT molecular complexity index is 242. The average molecular weight is 150 g/mol. The maximum absolute atomic E-state index is 10.7. The molecule has 0 saturated heterocycles. The van der Waals surface area contributed by atoms with E-state index in [1.54, 1.807) is 0 Å². The van der Waals surface area contributed by atoms with E-state index in [1.165, 1.54) is 0 Å². The Kier molecular flexibility index (Phi) is 1.25. The van der Waals surface area contributed by atoms with E-state index >= 15 is 0 Å². The third-order valence-electron chi connectivity index (χ3n) is 2.91. The van der Waals surface area contributed by atoms with Crippen LogP contribution in [0.4, 0.5) is 0 Å². The molecule has 2 atom stereocenters. The molecule has 11 heavy (non-hydrogen) atoms. The Morgan fingerprint density at radius 3 is 2.91 bits per heavy atom. The zero-order valence-corrected chi connectivity index (χ0v) is 6.25. The van der Waals surface area contributed by atoms with Gasteiger partial charge in [-0.15, -0.1) is 0 Å². The third kappa shape index (κ3) is 0.724. The summed E-state index contributed by atoms with van der Waals surface area (Å²) in [7, 11) is 0. The lowest BCUT2D eigenvalue weighted by Crippen LogP contribution is -2.14. The summed E-state index contributed by atoms with van der Waals surface area (Å²) in [6.45, 7) is 0. The van der Waals surface area contributed by atoms with E-state index in [0.717, 1.165) is 37.4 Å². The van der Waals surface area contributed by atoms with Gasteiger partial charge in [-0.3, -0.25) is 4.79 Å². The monoisotopic (exact) mass is 150 g/mol. The predicted molar refractivity (Wildman–Crippen MR) is 40.0 cm³/mol. The van der Waals surface area contributed by atoms with Crippen molar-refractivity contribution in [1.82, 2.24) is 0 Å². The Balaban J connectivity index is 2.35. The van der Waals surface area contributed by atoms with Crippen molar-refractivity contribution < 1.29 is 9.59 Å². The van der Waals surface area contributed by atoms with Gasteiger partial charge in [-0.05, 0) is 25.2 Å². The molecule has 0 bridgehead atoms. The Morgan fingerprint density at radius 1 is 1.55 bits per heavy atom. The fourth-order valence-corrected chi connectivity index (χ4v) is 2.06. The van der Waals surface area contributed by atoms with Gasteiger partial charge in [-0.2, -0.15) is 0 Å². The highest BCUT2D eigenvalue weighted by Crippen LogP contribution is 2.60. The first kappa shape index (κ1) is 6.77. The number of carbonyl (C=O) groups is 2. The molecule has 0 aromatic carbocycles. The van der Waals surface area contributed by atoms with Gasteiger partial charge in [0.2, 0.25) is 0 Å². The quantitative estimate of drug-likeness (QED) is 0.552. The van der Waals surface area contributed by atoms with E-state index in [1.807, 2.05) is 6.08 Å². The van der Waals surface area contributed by atoms with Crippen molar-refractivity contribution in [2.24, 2.45) is 11.3 Å². The fourth-order valence-electron chi connectivity index (χ4n) is 2.06. The maximum Gasteiger partial charge on any atom is 0.146 e. The summed E-state index contributed by atoms with van der Waals surface area (Å²) >= 11 is 0. The van der Waals surface area contributed by atoms with Gasteiger partial charge in [0.05, 0.1) is 5.41 Å². The molecule has 2 heteroatoms. The smallest absolute Gasteiger partial charge is 0.146 e. The maximum atomic E-state index is 10.7. The predicted octanol–water partition coefficient (Wildman–Crippen LogP) is 1.11. The molecule has 0 N–H and O–H groups in total. The van der Waals surface area contributed by atoms with Crippen LogP contribution in [0.25, 0.3) is 0 Å². The van der Waals surface area contributed by atoms with Gasteiger partial charge in [-0.25, -0.2) is 0 Å². The van der Waals surface area contributed by atoms with Crippen molar-refractivity contribution >= 4 is 12.6 Å². The van der Waals surface area contributed by atoms with Crippen LogP contribution in [-0.4, -0.2) is 12.6 Å². The minimum atomic E-state index is -0.333. The zero-order chi connectivity index (χ0) is 7.90. The number of allylic oxidation sites excluding steroid dienone is 2. The zero-order valence-electron chi connectivity index (χ0n) is 6.25. The van der Waals surface area contributed by atoms with Crippen LogP contribution in [0.15, 0.2) is 11.6 Å². The summed E-state index contributed by atoms with van der Waals surface area (Å²) in [5.41, 5.74) is 0.392. The molecule has 2 unspecified atom stereocenters. The summed E-state index contributed by atoms with van der Waals surface area (Å²) in [4.78, 5) is 21.2. The number of hydrogen-bond donors (Lipinski definition) is 0. The van der Waals surface area contributed by atoms with Crippen molar-refractivity contribution in [3.05, 3.63) is 11.6 Å². The van der Waals surface area contributed by atoms with Crippen LogP contribution in [0.2, 0.25) is 0 Å². The van der Waals surface area contributed by atoms with Crippen LogP contribution >= 0.6 is 0 Å². The molecule has 2 aliphatic rings. The number of hydrogen-bond acceptors (Lipinski definition) is 2. The van der Waals surface area contributed by atoms with Gasteiger partial charge in [-0.1, -0.05) is 6.08 Å². The SMILES string of the molecule is O=CC1=CCCC2CC12C=O. The molecule has 0 aliphatic heterocycles. The first-order valence-electron chi connectivity index (χ1n) is 3.95. The van der Waals surface area contributed by atoms with Crippen LogP contribution in [0.5, 0.6) is 0 Å². The molecule has 2 rings (SSSR count). The van der Waals surface area contributed by atoms with Crippen molar-refractivity contribution in [3.63, 3.8) is 0 Å². The van der Waals surface area contributed by atoms with Gasteiger partial charge in [0.15, 0.2) is 0 Å². The first-order valence-corrected chi connectivity index (χ1v) is 3.95. The average Bonchev–Trinajstić information content (AvgIpc) is 2.78. The molecular formula is C9H10O2. The fraction of sp³-hybridized carbons (Fsp3) is 0.556. The minimum Gasteiger partial charge on any atom is -0.302 e. The summed E-state index contributed by atoms with van der Waals surface area (Å²) in [6, 6.07) is 0. The van der Waals surface area contributed by atoms with E-state index < -0.39 is 0 Å². The van der Waals surface area contributed by atoms with Gasteiger partial charge in [0.1, 0.15) is 12.6 Å². The Morgan fingerprint density at radius 2 is 2.36 bits per heavy atom. The summed E-state index contributed by atoms with van der Waals surface area (Å²) in [5, 5.41) is 0. The van der Waals surface area contributed by atoms with Gasteiger partial charge in [0.25, 0.3) is 0 Å². The lowest BCUT2D eigenvalue weighted by molar-refractivity contribution is -0.114. The molecule has 2 nitrogen and oxygen atoms in total. The molecule has 2 aliphatic carbocycles. The van der Waals surface area contributed by atoms with E-state index in [2.05, 4.69) is 0 Å². The molecule has 1 fully saturated rings. The second-order valence-corrected chi connectivity index (χ2v) is 3.41. The Labute approximate surface area is 65.3 Å². The molecule has 0 heterocycles. The molecular weight excluding hydrogens is 140 g/mol. The van der Waals surface area contributed by atoms with E-state index in [4.69, 9.17) is 0 Å². The van der Waals surface area contributed by atoms with Gasteiger partial charge < -0.3 is 4.79 Å². The highest BCUT2D eigenvalue weighted by atomic mass is 16.1. The second kappa shape index (κ2) is 2.03. The molecule has 0 aromatic heterocycles. The standard InChI is InChI=1S/C9H10O2/c10-5-8-3-1-2-7-4-9(7,8)6-11/h3,5-7H,1-2,4H2. The number of carbonyl (C=O) groups excluding carboxylic acids is 2. The van der Waals surface area contributed by atoms with Crippen LogP contribution in [0.1, 0.15) is 19.3 Å². The lowest BCUT2D eigenvalue weighted by Gasteiger charge is -2.13. The van der Waals surface area contributed by atoms with Gasteiger partial charge >= 0.3 is 0 Å². The van der Waals surface area contributed by atoms with Crippen molar-refractivity contribution in [2.45, 2.75) is 19.3 Å². The number of aldehydes is 2. The van der Waals surface area contributed by atoms with Crippen molar-refractivity contribution in [3.8, 4) is 0 Å². The van der Waals surface area contributed by atoms with E-state index in [-0.39, 0.29) is 5.41 Å². The number of fused-ring (bicyclic) bond motifs is 1. The Hall–Kier alpha value is -0.920. The molecule has 0 spiro atoms. The molecule has 0 aromatic rings. The molecule has 1 saturated carbocycles. The number of rotatable bonds is 2. The van der Waals surface area contributed by atoms with Crippen molar-refractivity contribution in [2.75, 3.05) is 0 Å². The van der Waals surface area contributed by atoms with Crippen LogP contribution < -0.4 is 0 Å². The van der Waals surface area contributed by atoms with Crippen LogP contribution in [0, 0.1) is 11.3 Å².